The molecule has 2 heterocycles. The van der Waals surface area contributed by atoms with E-state index >= 15 is 0 Å². The molecule has 0 fully saturated rings. The first-order chi connectivity index (χ1) is 14.5. The van der Waals surface area contributed by atoms with Gasteiger partial charge in [-0.25, -0.2) is 0 Å². The zero-order valence-electron chi connectivity index (χ0n) is 15.3. The van der Waals surface area contributed by atoms with Gasteiger partial charge in [0.2, 0.25) is 0 Å². The molecule has 0 radical (unpaired) electrons. The van der Waals surface area contributed by atoms with E-state index in [-0.39, 0.29) is 0 Å². The monoisotopic (exact) mass is 390 g/mol. The molecule has 6 nitrogen and oxygen atoms in total. The van der Waals surface area contributed by atoms with Crippen LogP contribution in [0.4, 0.5) is 0 Å². The highest BCUT2D eigenvalue weighted by Crippen LogP contribution is 2.44. The van der Waals surface area contributed by atoms with Crippen molar-refractivity contribution in [1.29, 1.82) is 0 Å². The van der Waals surface area contributed by atoms with Gasteiger partial charge in [-0.2, -0.15) is 0 Å². The zero-order valence-corrected chi connectivity index (χ0v) is 15.3. The van der Waals surface area contributed by atoms with Gasteiger partial charge in [0.25, 0.3) is 23.6 Å². The molecular weight excluding hydrogens is 380 g/mol. The summed E-state index contributed by atoms with van der Waals surface area (Å²) in [6.07, 6.45) is 0. The van der Waals surface area contributed by atoms with Gasteiger partial charge >= 0.3 is 0 Å². The summed E-state index contributed by atoms with van der Waals surface area (Å²) in [5.41, 5.74) is 1.87. The van der Waals surface area contributed by atoms with Crippen LogP contribution < -0.4 is 10.6 Å². The van der Waals surface area contributed by atoms with Crippen LogP contribution in [0.2, 0.25) is 0 Å². The van der Waals surface area contributed by atoms with Gasteiger partial charge in [-0.3, -0.25) is 29.8 Å². The lowest BCUT2D eigenvalue weighted by molar-refractivity contribution is 0.0828. The first-order valence-corrected chi connectivity index (χ1v) is 9.46. The first kappa shape index (κ1) is 15.6. The van der Waals surface area contributed by atoms with Crippen LogP contribution in [-0.4, -0.2) is 23.6 Å². The molecule has 7 rings (SSSR count). The predicted molar refractivity (Wildman–Crippen MR) is 111 cm³/mol. The summed E-state index contributed by atoms with van der Waals surface area (Å²) < 4.78 is 0. The number of nitrogens with one attached hydrogen (secondary N) is 2. The van der Waals surface area contributed by atoms with Crippen LogP contribution in [0.15, 0.2) is 48.5 Å². The average molecular weight is 390 g/mol. The summed E-state index contributed by atoms with van der Waals surface area (Å²) in [4.78, 5) is 49.8. The number of hydrogen-bond donors (Lipinski definition) is 2. The second-order valence-electron chi connectivity index (χ2n) is 7.71. The molecule has 5 aromatic carbocycles. The van der Waals surface area contributed by atoms with E-state index < -0.39 is 23.6 Å². The van der Waals surface area contributed by atoms with Crippen LogP contribution in [0, 0.1) is 0 Å². The molecule has 2 aliphatic rings. The molecule has 0 unspecified atom stereocenters. The van der Waals surface area contributed by atoms with E-state index in [2.05, 4.69) is 10.6 Å². The molecule has 4 amide bonds. The molecule has 0 saturated heterocycles. The second-order valence-corrected chi connectivity index (χ2v) is 7.71. The van der Waals surface area contributed by atoms with Gasteiger partial charge in [0.05, 0.1) is 0 Å². The van der Waals surface area contributed by atoms with Crippen molar-refractivity contribution in [2.75, 3.05) is 0 Å². The summed E-state index contributed by atoms with van der Waals surface area (Å²) in [7, 11) is 0. The van der Waals surface area contributed by atoms with Crippen molar-refractivity contribution in [1.82, 2.24) is 10.6 Å². The van der Waals surface area contributed by atoms with E-state index in [9.17, 15) is 19.2 Å². The van der Waals surface area contributed by atoms with Crippen LogP contribution in [0.3, 0.4) is 0 Å². The molecule has 0 saturated carbocycles. The van der Waals surface area contributed by atoms with Crippen molar-refractivity contribution in [3.8, 4) is 0 Å². The van der Waals surface area contributed by atoms with Gasteiger partial charge in [0.15, 0.2) is 0 Å². The number of imide groups is 2. The second kappa shape index (κ2) is 4.80. The highest BCUT2D eigenvalue weighted by molar-refractivity contribution is 6.41. The fourth-order valence-electron chi connectivity index (χ4n) is 5.12. The van der Waals surface area contributed by atoms with E-state index in [1.165, 1.54) is 0 Å². The molecule has 0 aromatic heterocycles. The summed E-state index contributed by atoms with van der Waals surface area (Å²) in [6, 6.07) is 14.4. The Labute approximate surface area is 167 Å². The maximum absolute atomic E-state index is 12.4. The Morgan fingerprint density at radius 3 is 0.900 bits per heavy atom. The fraction of sp³-hybridized carbons (Fsp3) is 0. The number of fused-ring (bicyclic) bond motifs is 2. The minimum atomic E-state index is -0.408. The Morgan fingerprint density at radius 1 is 0.367 bits per heavy atom. The molecule has 5 aromatic rings. The largest absolute Gasteiger partial charge is 0.288 e. The number of carbonyl (C=O) groups excluding carboxylic acids is 4. The number of hydrogen-bond acceptors (Lipinski definition) is 4. The SMILES string of the molecule is O=C1NC(=O)c2ccc3c4ccc5c6c(ccc(c7ccc1c2c73)c64)C(=O)NC5=O. The molecule has 0 bridgehead atoms. The van der Waals surface area contributed by atoms with Crippen LogP contribution in [0.25, 0.3) is 43.1 Å². The Balaban J connectivity index is 1.82. The normalized spacial score (nSPS) is 15.5. The molecule has 0 aliphatic carbocycles. The smallest absolute Gasteiger partial charge is 0.258 e. The Kier molecular flexibility index (Phi) is 2.50. The highest BCUT2D eigenvalue weighted by Gasteiger charge is 2.30. The van der Waals surface area contributed by atoms with Crippen molar-refractivity contribution in [2.24, 2.45) is 0 Å². The number of amides is 4. The van der Waals surface area contributed by atoms with E-state index in [4.69, 9.17) is 0 Å². The van der Waals surface area contributed by atoms with Crippen LogP contribution in [0.5, 0.6) is 0 Å². The van der Waals surface area contributed by atoms with E-state index in [1.54, 1.807) is 24.3 Å². The topological polar surface area (TPSA) is 92.3 Å². The third-order valence-electron chi connectivity index (χ3n) is 6.33. The summed E-state index contributed by atoms with van der Waals surface area (Å²) in [6.45, 7) is 0. The molecule has 0 spiro atoms. The minimum Gasteiger partial charge on any atom is -0.288 e. The van der Waals surface area contributed by atoms with Gasteiger partial charge in [-0.05, 0) is 56.6 Å². The van der Waals surface area contributed by atoms with Gasteiger partial charge in [0.1, 0.15) is 0 Å². The minimum absolute atomic E-state index is 0.408. The van der Waals surface area contributed by atoms with Crippen molar-refractivity contribution in [2.45, 2.75) is 0 Å². The zero-order chi connectivity index (χ0) is 20.3. The predicted octanol–water partition coefficient (Wildman–Crippen LogP) is 3.50. The van der Waals surface area contributed by atoms with Gasteiger partial charge < -0.3 is 0 Å². The molecule has 30 heavy (non-hydrogen) atoms. The summed E-state index contributed by atoms with van der Waals surface area (Å²) in [5, 5.41) is 11.3. The molecule has 6 heteroatoms. The van der Waals surface area contributed by atoms with Crippen molar-refractivity contribution >= 4 is 66.7 Å². The average Bonchev–Trinajstić information content (AvgIpc) is 2.74. The van der Waals surface area contributed by atoms with Gasteiger partial charge in [0, 0.05) is 33.0 Å². The van der Waals surface area contributed by atoms with E-state index in [0.717, 1.165) is 32.3 Å². The number of rotatable bonds is 0. The van der Waals surface area contributed by atoms with Gasteiger partial charge in [-0.15, -0.1) is 0 Å². The standard InChI is InChI=1S/C24H10N2O4/c27-21-13-5-1-9-10-2-6-15-20-16(24(30)26-23(15)29)8-4-12(18(10)20)11-3-7-14(22(28)25-21)19(13)17(9)11/h1-8H,(H,25,27,28)(H,26,29,30). The molecular formula is C24H10N2O4. The van der Waals surface area contributed by atoms with Crippen LogP contribution in [0.1, 0.15) is 41.4 Å². The maximum atomic E-state index is 12.4. The Morgan fingerprint density at radius 2 is 0.633 bits per heavy atom. The Hall–Kier alpha value is -4.32. The van der Waals surface area contributed by atoms with Gasteiger partial charge in [-0.1, -0.05) is 24.3 Å². The maximum Gasteiger partial charge on any atom is 0.258 e. The molecule has 2 N–H and O–H groups in total. The lowest BCUT2D eigenvalue weighted by Crippen LogP contribution is -2.35. The third kappa shape index (κ3) is 1.58. The van der Waals surface area contributed by atoms with E-state index in [1.807, 2.05) is 24.3 Å². The van der Waals surface area contributed by atoms with Crippen molar-refractivity contribution < 1.29 is 19.2 Å². The molecule has 0 atom stereocenters. The molecule has 2 aliphatic heterocycles. The van der Waals surface area contributed by atoms with Crippen molar-refractivity contribution in [3.05, 3.63) is 70.8 Å². The highest BCUT2D eigenvalue weighted by atomic mass is 16.2. The number of benzene rings is 5. The lowest BCUT2D eigenvalue weighted by atomic mass is 9.83. The van der Waals surface area contributed by atoms with Crippen LogP contribution in [-0.2, 0) is 0 Å². The summed E-state index contributed by atoms with van der Waals surface area (Å²) in [5.74, 6) is -1.63. The van der Waals surface area contributed by atoms with Crippen LogP contribution >= 0.6 is 0 Å². The fourth-order valence-corrected chi connectivity index (χ4v) is 5.12. The first-order valence-electron chi connectivity index (χ1n) is 9.46. The summed E-state index contributed by atoms with van der Waals surface area (Å²) >= 11 is 0. The third-order valence-corrected chi connectivity index (χ3v) is 6.33. The quantitative estimate of drug-likeness (QED) is 0.240. The Bertz CT molecular complexity index is 1470. The van der Waals surface area contributed by atoms with E-state index in [0.29, 0.717) is 33.0 Å². The van der Waals surface area contributed by atoms with Crippen molar-refractivity contribution in [3.63, 3.8) is 0 Å². The molecule has 140 valence electrons. The lowest BCUT2D eigenvalue weighted by Gasteiger charge is -2.23. The number of carbonyl (C=O) groups is 4.